The molecule has 94 valence electrons. The summed E-state index contributed by atoms with van der Waals surface area (Å²) in [5.41, 5.74) is 0.589. The van der Waals surface area contributed by atoms with Gasteiger partial charge in [-0.25, -0.2) is 4.39 Å². The molecule has 1 fully saturated rings. The minimum absolute atomic E-state index is 0.228. The van der Waals surface area contributed by atoms with Crippen LogP contribution in [0.3, 0.4) is 0 Å². The number of nitrogens with zero attached hydrogens (tertiary/aromatic N) is 3. The SMILES string of the molecule is Fc1cccc(C2(c3nn[nH]n3)CCNCC2)c1. The molecule has 0 bridgehead atoms. The van der Waals surface area contributed by atoms with E-state index < -0.39 is 0 Å². The molecule has 1 aromatic heterocycles. The van der Waals surface area contributed by atoms with Gasteiger partial charge in [0, 0.05) is 0 Å². The van der Waals surface area contributed by atoms with Gasteiger partial charge in [-0.05, 0) is 43.6 Å². The van der Waals surface area contributed by atoms with Crippen molar-refractivity contribution in [1.82, 2.24) is 25.9 Å². The smallest absolute Gasteiger partial charge is 0.185 e. The summed E-state index contributed by atoms with van der Waals surface area (Å²) < 4.78 is 13.5. The average Bonchev–Trinajstić information content (AvgIpc) is 2.94. The first-order valence-electron chi connectivity index (χ1n) is 6.02. The molecule has 2 heterocycles. The van der Waals surface area contributed by atoms with Crippen molar-refractivity contribution in [2.45, 2.75) is 18.3 Å². The van der Waals surface area contributed by atoms with Gasteiger partial charge in [-0.15, -0.1) is 10.2 Å². The Bertz CT molecular complexity index is 519. The molecule has 1 saturated heterocycles. The third-order valence-electron chi connectivity index (χ3n) is 3.61. The molecule has 0 atom stereocenters. The summed E-state index contributed by atoms with van der Waals surface area (Å²) in [6.45, 7) is 1.73. The largest absolute Gasteiger partial charge is 0.317 e. The lowest BCUT2D eigenvalue weighted by molar-refractivity contribution is 0.344. The fourth-order valence-electron chi connectivity index (χ4n) is 2.65. The molecule has 0 aliphatic carbocycles. The van der Waals surface area contributed by atoms with E-state index in [0.29, 0.717) is 5.82 Å². The fraction of sp³-hybridized carbons (Fsp3) is 0.417. The number of tetrazole rings is 1. The summed E-state index contributed by atoms with van der Waals surface area (Å²) in [4.78, 5) is 0. The maximum Gasteiger partial charge on any atom is 0.185 e. The van der Waals surface area contributed by atoms with Crippen LogP contribution in [0, 0.1) is 5.82 Å². The first kappa shape index (κ1) is 11.3. The van der Waals surface area contributed by atoms with Gasteiger partial charge in [-0.2, -0.15) is 5.21 Å². The molecule has 1 aromatic carbocycles. The molecule has 6 heteroatoms. The standard InChI is InChI=1S/C12H14FN5/c13-10-3-1-2-9(8-10)12(4-6-14-7-5-12)11-15-17-18-16-11/h1-3,8,14H,4-7H2,(H,15,16,17,18). The number of piperidine rings is 1. The number of nitrogens with one attached hydrogen (secondary N) is 2. The molecular formula is C12H14FN5. The van der Waals surface area contributed by atoms with E-state index in [1.165, 1.54) is 6.07 Å². The number of halogens is 1. The van der Waals surface area contributed by atoms with Gasteiger partial charge in [-0.3, -0.25) is 0 Å². The topological polar surface area (TPSA) is 66.5 Å². The second kappa shape index (κ2) is 4.45. The second-order valence-electron chi connectivity index (χ2n) is 4.58. The predicted octanol–water partition coefficient (Wildman–Crippen LogP) is 1.01. The van der Waals surface area contributed by atoms with E-state index in [9.17, 15) is 4.39 Å². The molecule has 0 radical (unpaired) electrons. The lowest BCUT2D eigenvalue weighted by atomic mass is 9.72. The Hall–Kier alpha value is -1.82. The van der Waals surface area contributed by atoms with Gasteiger partial charge in [0.2, 0.25) is 0 Å². The number of aromatic nitrogens is 4. The maximum atomic E-state index is 13.5. The van der Waals surface area contributed by atoms with Gasteiger partial charge >= 0.3 is 0 Å². The van der Waals surface area contributed by atoms with E-state index in [-0.39, 0.29) is 11.2 Å². The Kier molecular flexibility index (Phi) is 2.79. The van der Waals surface area contributed by atoms with Crippen LogP contribution in [0.15, 0.2) is 24.3 Å². The van der Waals surface area contributed by atoms with Crippen molar-refractivity contribution in [3.63, 3.8) is 0 Å². The third kappa shape index (κ3) is 1.78. The highest BCUT2D eigenvalue weighted by Crippen LogP contribution is 2.37. The number of rotatable bonds is 2. The van der Waals surface area contributed by atoms with Gasteiger partial charge < -0.3 is 5.32 Å². The van der Waals surface area contributed by atoms with Crippen LogP contribution in [0.25, 0.3) is 0 Å². The quantitative estimate of drug-likeness (QED) is 0.831. The van der Waals surface area contributed by atoms with Gasteiger partial charge in [-0.1, -0.05) is 17.3 Å². The normalized spacial score (nSPS) is 18.7. The summed E-state index contributed by atoms with van der Waals surface area (Å²) in [6, 6.07) is 6.69. The first-order chi connectivity index (χ1) is 8.81. The van der Waals surface area contributed by atoms with Crippen molar-refractivity contribution >= 4 is 0 Å². The number of benzene rings is 1. The Morgan fingerprint density at radius 3 is 2.72 bits per heavy atom. The van der Waals surface area contributed by atoms with Crippen molar-refractivity contribution in [2.24, 2.45) is 0 Å². The Labute approximate surface area is 104 Å². The third-order valence-corrected chi connectivity index (χ3v) is 3.61. The Morgan fingerprint density at radius 2 is 2.06 bits per heavy atom. The minimum Gasteiger partial charge on any atom is -0.317 e. The molecule has 1 aliphatic heterocycles. The van der Waals surface area contributed by atoms with Crippen LogP contribution in [0.5, 0.6) is 0 Å². The average molecular weight is 247 g/mol. The molecular weight excluding hydrogens is 233 g/mol. The number of hydrogen-bond acceptors (Lipinski definition) is 4. The lowest BCUT2D eigenvalue weighted by Gasteiger charge is -2.35. The molecule has 0 saturated carbocycles. The second-order valence-corrected chi connectivity index (χ2v) is 4.58. The zero-order valence-corrected chi connectivity index (χ0v) is 9.86. The number of aromatic amines is 1. The lowest BCUT2D eigenvalue weighted by Crippen LogP contribution is -2.41. The van der Waals surface area contributed by atoms with E-state index in [0.717, 1.165) is 31.5 Å². The van der Waals surface area contributed by atoms with Crippen LogP contribution >= 0.6 is 0 Å². The highest BCUT2D eigenvalue weighted by atomic mass is 19.1. The van der Waals surface area contributed by atoms with Crippen LogP contribution in [-0.4, -0.2) is 33.7 Å². The van der Waals surface area contributed by atoms with Crippen LogP contribution in [-0.2, 0) is 5.41 Å². The van der Waals surface area contributed by atoms with Gasteiger partial charge in [0.25, 0.3) is 0 Å². The van der Waals surface area contributed by atoms with E-state index >= 15 is 0 Å². The van der Waals surface area contributed by atoms with Crippen LogP contribution in [0.1, 0.15) is 24.2 Å². The van der Waals surface area contributed by atoms with E-state index in [1.54, 1.807) is 12.1 Å². The number of hydrogen-bond donors (Lipinski definition) is 2. The number of H-pyrrole nitrogens is 1. The summed E-state index contributed by atoms with van der Waals surface area (Å²) in [6.07, 6.45) is 1.69. The van der Waals surface area contributed by atoms with E-state index in [4.69, 9.17) is 0 Å². The molecule has 3 rings (SSSR count). The first-order valence-corrected chi connectivity index (χ1v) is 6.02. The fourth-order valence-corrected chi connectivity index (χ4v) is 2.65. The zero-order valence-electron chi connectivity index (χ0n) is 9.86. The van der Waals surface area contributed by atoms with Crippen LogP contribution in [0.4, 0.5) is 4.39 Å². The van der Waals surface area contributed by atoms with E-state index in [2.05, 4.69) is 25.9 Å². The zero-order chi connectivity index (χ0) is 12.4. The molecule has 0 spiro atoms. The maximum absolute atomic E-state index is 13.5. The summed E-state index contributed by atoms with van der Waals surface area (Å²) in [5, 5.41) is 17.7. The van der Waals surface area contributed by atoms with Crippen LogP contribution in [0.2, 0.25) is 0 Å². The molecule has 5 nitrogen and oxygen atoms in total. The molecule has 18 heavy (non-hydrogen) atoms. The molecule has 1 aliphatic rings. The Morgan fingerprint density at radius 1 is 1.22 bits per heavy atom. The highest BCUT2D eigenvalue weighted by molar-refractivity contribution is 5.33. The molecule has 2 N–H and O–H groups in total. The predicted molar refractivity (Wildman–Crippen MR) is 63.5 cm³/mol. The van der Waals surface area contributed by atoms with Crippen molar-refractivity contribution in [1.29, 1.82) is 0 Å². The van der Waals surface area contributed by atoms with Crippen molar-refractivity contribution in [3.8, 4) is 0 Å². The summed E-state index contributed by atoms with van der Waals surface area (Å²) in [5.74, 6) is 0.420. The van der Waals surface area contributed by atoms with Crippen molar-refractivity contribution in [2.75, 3.05) is 13.1 Å². The van der Waals surface area contributed by atoms with Gasteiger partial charge in [0.15, 0.2) is 5.82 Å². The monoisotopic (exact) mass is 247 g/mol. The van der Waals surface area contributed by atoms with Gasteiger partial charge in [0.1, 0.15) is 5.82 Å². The summed E-state index contributed by atoms with van der Waals surface area (Å²) in [7, 11) is 0. The molecule has 0 unspecified atom stereocenters. The highest BCUT2D eigenvalue weighted by Gasteiger charge is 2.39. The van der Waals surface area contributed by atoms with Gasteiger partial charge in [0.05, 0.1) is 5.41 Å². The van der Waals surface area contributed by atoms with Crippen LogP contribution < -0.4 is 5.32 Å². The molecule has 0 amide bonds. The Balaban J connectivity index is 2.10. The van der Waals surface area contributed by atoms with E-state index in [1.807, 2.05) is 6.07 Å². The van der Waals surface area contributed by atoms with Crippen molar-refractivity contribution in [3.05, 3.63) is 41.5 Å². The summed E-state index contributed by atoms with van der Waals surface area (Å²) >= 11 is 0. The molecule has 2 aromatic rings. The van der Waals surface area contributed by atoms with Crippen molar-refractivity contribution < 1.29 is 4.39 Å². The minimum atomic E-state index is -0.333.